The van der Waals surface area contributed by atoms with Crippen LogP contribution in [0.4, 0.5) is 5.69 Å². The molecular formula is C22H27N3O3. The molecule has 0 aliphatic carbocycles. The van der Waals surface area contributed by atoms with Crippen molar-refractivity contribution < 1.29 is 13.9 Å². The second kappa shape index (κ2) is 8.10. The minimum absolute atomic E-state index is 0.632. The topological polar surface area (TPSA) is 73.8 Å². The Bertz CT molecular complexity index is 961. The molecule has 1 fully saturated rings. The summed E-state index contributed by atoms with van der Waals surface area (Å²) in [5, 5.41) is 0.841. The molecule has 4 rings (SSSR count). The lowest BCUT2D eigenvalue weighted by molar-refractivity contribution is 0.254. The van der Waals surface area contributed by atoms with Gasteiger partial charge in [-0.2, -0.15) is 0 Å². The Labute approximate surface area is 165 Å². The predicted molar refractivity (Wildman–Crippen MR) is 111 cm³/mol. The zero-order valence-electron chi connectivity index (χ0n) is 16.5. The molecular weight excluding hydrogens is 354 g/mol. The van der Waals surface area contributed by atoms with E-state index in [4.69, 9.17) is 24.6 Å². The van der Waals surface area contributed by atoms with E-state index in [0.29, 0.717) is 35.2 Å². The molecule has 0 saturated carbocycles. The molecule has 6 nitrogen and oxygen atoms in total. The standard InChI is InChI=1S/C22H27N3O3/c1-15-6-7-20(28-15)19-13-17(23)16-12-21(26-2)22(14-18(16)24-19)27-11-5-10-25-8-3-4-9-25/h6-7,12-14H,3-5,8-11H2,1-2H3,(H2,23,24). The van der Waals surface area contributed by atoms with Gasteiger partial charge in [0.25, 0.3) is 0 Å². The first-order valence-corrected chi connectivity index (χ1v) is 9.84. The third-order valence-corrected chi connectivity index (χ3v) is 5.19. The number of furan rings is 1. The number of likely N-dealkylation sites (tertiary alicyclic amines) is 1. The summed E-state index contributed by atoms with van der Waals surface area (Å²) in [7, 11) is 1.64. The van der Waals surface area contributed by atoms with Crippen molar-refractivity contribution in [1.29, 1.82) is 0 Å². The highest BCUT2D eigenvalue weighted by atomic mass is 16.5. The number of aromatic nitrogens is 1. The maximum Gasteiger partial charge on any atom is 0.163 e. The van der Waals surface area contributed by atoms with Gasteiger partial charge in [0, 0.05) is 23.7 Å². The van der Waals surface area contributed by atoms with Crippen molar-refractivity contribution in [3.05, 3.63) is 36.1 Å². The molecule has 3 heterocycles. The first-order chi connectivity index (χ1) is 13.6. The quantitative estimate of drug-likeness (QED) is 0.617. The fraction of sp³-hybridized carbons (Fsp3) is 0.409. The first-order valence-electron chi connectivity index (χ1n) is 9.84. The maximum absolute atomic E-state index is 6.28. The highest BCUT2D eigenvalue weighted by molar-refractivity contribution is 5.94. The smallest absolute Gasteiger partial charge is 0.163 e. The number of anilines is 1. The van der Waals surface area contributed by atoms with E-state index in [1.165, 1.54) is 25.9 Å². The van der Waals surface area contributed by atoms with Crippen molar-refractivity contribution in [3.63, 3.8) is 0 Å². The molecule has 1 aliphatic heterocycles. The Kier molecular flexibility index (Phi) is 5.39. The Hall–Kier alpha value is -2.73. The van der Waals surface area contributed by atoms with Gasteiger partial charge in [-0.05, 0) is 63.5 Å². The number of nitrogens with zero attached hydrogens (tertiary/aromatic N) is 2. The van der Waals surface area contributed by atoms with Crippen LogP contribution in [0.5, 0.6) is 11.5 Å². The van der Waals surface area contributed by atoms with Crippen LogP contribution in [0.3, 0.4) is 0 Å². The molecule has 0 bridgehead atoms. The fourth-order valence-corrected chi connectivity index (χ4v) is 3.71. The molecule has 28 heavy (non-hydrogen) atoms. The van der Waals surface area contributed by atoms with Crippen LogP contribution in [0.1, 0.15) is 25.0 Å². The van der Waals surface area contributed by atoms with Gasteiger partial charge in [0.2, 0.25) is 0 Å². The number of ether oxygens (including phenoxy) is 2. The molecule has 2 aromatic heterocycles. The number of methoxy groups -OCH3 is 1. The van der Waals surface area contributed by atoms with Crippen molar-refractivity contribution >= 4 is 16.6 Å². The minimum atomic E-state index is 0.632. The van der Waals surface area contributed by atoms with Crippen LogP contribution in [0.25, 0.3) is 22.4 Å². The average molecular weight is 381 g/mol. The molecule has 1 saturated heterocycles. The number of fused-ring (bicyclic) bond motifs is 1. The van der Waals surface area contributed by atoms with Crippen molar-refractivity contribution in [1.82, 2.24) is 9.88 Å². The number of benzene rings is 1. The highest BCUT2D eigenvalue weighted by Crippen LogP contribution is 2.36. The van der Waals surface area contributed by atoms with E-state index >= 15 is 0 Å². The zero-order valence-corrected chi connectivity index (χ0v) is 16.5. The van der Waals surface area contributed by atoms with Gasteiger partial charge in [-0.25, -0.2) is 4.98 Å². The Morgan fingerprint density at radius 1 is 1.14 bits per heavy atom. The Balaban J connectivity index is 1.56. The average Bonchev–Trinajstić information content (AvgIpc) is 3.36. The monoisotopic (exact) mass is 381 g/mol. The maximum atomic E-state index is 6.28. The van der Waals surface area contributed by atoms with Crippen LogP contribution in [-0.2, 0) is 0 Å². The van der Waals surface area contributed by atoms with E-state index in [1.807, 2.05) is 37.3 Å². The molecule has 1 aromatic carbocycles. The lowest BCUT2D eigenvalue weighted by Crippen LogP contribution is -2.21. The molecule has 3 aromatic rings. The first kappa shape index (κ1) is 18.6. The molecule has 148 valence electrons. The van der Waals surface area contributed by atoms with E-state index in [2.05, 4.69) is 4.90 Å². The number of rotatable bonds is 7. The van der Waals surface area contributed by atoms with Gasteiger partial charge < -0.3 is 24.5 Å². The van der Waals surface area contributed by atoms with Crippen molar-refractivity contribution in [2.24, 2.45) is 0 Å². The normalized spacial score (nSPS) is 14.6. The number of hydrogen-bond donors (Lipinski definition) is 1. The largest absolute Gasteiger partial charge is 0.493 e. The summed E-state index contributed by atoms with van der Waals surface area (Å²) in [6.07, 6.45) is 3.61. The molecule has 0 unspecified atom stereocenters. The van der Waals surface area contributed by atoms with Gasteiger partial charge in [-0.1, -0.05) is 0 Å². The summed E-state index contributed by atoms with van der Waals surface area (Å²) < 4.78 is 17.2. The second-order valence-corrected chi connectivity index (χ2v) is 7.28. The SMILES string of the molecule is COc1cc2c(N)cc(-c3ccc(C)o3)nc2cc1OCCCN1CCCC1. The van der Waals surface area contributed by atoms with Gasteiger partial charge in [0.15, 0.2) is 17.3 Å². The van der Waals surface area contributed by atoms with Gasteiger partial charge in [0.1, 0.15) is 11.5 Å². The molecule has 0 atom stereocenters. The summed E-state index contributed by atoms with van der Waals surface area (Å²) in [5.74, 6) is 2.90. The molecule has 0 spiro atoms. The van der Waals surface area contributed by atoms with Crippen LogP contribution in [0.2, 0.25) is 0 Å². The zero-order chi connectivity index (χ0) is 19.5. The number of aryl methyl sites for hydroxylation is 1. The Morgan fingerprint density at radius 2 is 1.96 bits per heavy atom. The van der Waals surface area contributed by atoms with E-state index in [0.717, 1.165) is 29.6 Å². The van der Waals surface area contributed by atoms with Crippen LogP contribution in [0.15, 0.2) is 34.7 Å². The van der Waals surface area contributed by atoms with Gasteiger partial charge in [-0.15, -0.1) is 0 Å². The van der Waals surface area contributed by atoms with Crippen molar-refractivity contribution in [2.75, 3.05) is 39.1 Å². The number of nitrogens with two attached hydrogens (primary N) is 1. The highest BCUT2D eigenvalue weighted by Gasteiger charge is 2.14. The molecule has 1 aliphatic rings. The third kappa shape index (κ3) is 3.92. The predicted octanol–water partition coefficient (Wildman–Crippen LogP) is 4.26. The van der Waals surface area contributed by atoms with E-state index in [1.54, 1.807) is 7.11 Å². The second-order valence-electron chi connectivity index (χ2n) is 7.28. The number of hydrogen-bond acceptors (Lipinski definition) is 6. The van der Waals surface area contributed by atoms with Crippen LogP contribution in [0, 0.1) is 6.92 Å². The molecule has 0 radical (unpaired) electrons. The summed E-state index contributed by atoms with van der Waals surface area (Å²) in [6.45, 7) is 6.04. The molecule has 0 amide bonds. The van der Waals surface area contributed by atoms with E-state index < -0.39 is 0 Å². The van der Waals surface area contributed by atoms with Gasteiger partial charge >= 0.3 is 0 Å². The fourth-order valence-electron chi connectivity index (χ4n) is 3.71. The van der Waals surface area contributed by atoms with Crippen molar-refractivity contribution in [3.8, 4) is 23.0 Å². The van der Waals surface area contributed by atoms with Crippen molar-refractivity contribution in [2.45, 2.75) is 26.2 Å². The van der Waals surface area contributed by atoms with E-state index in [9.17, 15) is 0 Å². The van der Waals surface area contributed by atoms with Gasteiger partial charge in [0.05, 0.1) is 19.2 Å². The van der Waals surface area contributed by atoms with Crippen LogP contribution < -0.4 is 15.2 Å². The summed E-state index contributed by atoms with van der Waals surface area (Å²) in [4.78, 5) is 7.22. The summed E-state index contributed by atoms with van der Waals surface area (Å²) >= 11 is 0. The lowest BCUT2D eigenvalue weighted by atomic mass is 10.1. The minimum Gasteiger partial charge on any atom is -0.493 e. The third-order valence-electron chi connectivity index (χ3n) is 5.19. The molecule has 2 N–H and O–H groups in total. The summed E-state index contributed by atoms with van der Waals surface area (Å²) in [5.41, 5.74) is 8.39. The Morgan fingerprint density at radius 3 is 2.68 bits per heavy atom. The van der Waals surface area contributed by atoms with Crippen LogP contribution in [-0.4, -0.2) is 43.2 Å². The summed E-state index contributed by atoms with van der Waals surface area (Å²) in [6, 6.07) is 9.45. The van der Waals surface area contributed by atoms with E-state index in [-0.39, 0.29) is 0 Å². The lowest BCUT2D eigenvalue weighted by Gasteiger charge is -2.16. The van der Waals surface area contributed by atoms with Gasteiger partial charge in [-0.3, -0.25) is 0 Å². The van der Waals surface area contributed by atoms with Crippen LogP contribution >= 0.6 is 0 Å². The number of pyridine rings is 1. The molecule has 6 heteroatoms. The number of nitrogen functional groups attached to an aromatic ring is 1.